The van der Waals surface area contributed by atoms with Crippen LogP contribution in [0.3, 0.4) is 0 Å². The molecule has 0 spiro atoms. The van der Waals surface area contributed by atoms with Crippen molar-refractivity contribution in [1.82, 2.24) is 10.7 Å². The molecule has 154 valence electrons. The van der Waals surface area contributed by atoms with E-state index in [0.29, 0.717) is 17.7 Å². The number of benzene rings is 2. The van der Waals surface area contributed by atoms with Crippen molar-refractivity contribution in [2.45, 2.75) is 33.2 Å². The maximum atomic E-state index is 12.9. The predicted octanol–water partition coefficient (Wildman–Crippen LogP) is 3.19. The van der Waals surface area contributed by atoms with E-state index in [0.717, 1.165) is 5.56 Å². The van der Waals surface area contributed by atoms with Crippen molar-refractivity contribution in [1.29, 1.82) is 0 Å². The lowest BCUT2D eigenvalue weighted by molar-refractivity contribution is -0.130. The summed E-state index contributed by atoms with van der Waals surface area (Å²) in [6.45, 7) is 5.61. The highest BCUT2D eigenvalue weighted by Crippen LogP contribution is 2.15. The maximum absolute atomic E-state index is 12.9. The molecule has 0 saturated heterocycles. The molecule has 2 aromatic carbocycles. The van der Waals surface area contributed by atoms with Crippen molar-refractivity contribution < 1.29 is 18.7 Å². The number of halogens is 1. The van der Waals surface area contributed by atoms with Gasteiger partial charge in [-0.15, -0.1) is 0 Å². The molecule has 7 heteroatoms. The maximum Gasteiger partial charge on any atom is 0.262 e. The molecule has 6 nitrogen and oxygen atoms in total. The van der Waals surface area contributed by atoms with Crippen LogP contribution in [0, 0.1) is 18.7 Å². The number of para-hydroxylation sites is 1. The first-order valence-electron chi connectivity index (χ1n) is 9.41. The predicted molar refractivity (Wildman–Crippen MR) is 110 cm³/mol. The molecule has 0 bridgehead atoms. The third kappa shape index (κ3) is 7.73. The Morgan fingerprint density at radius 2 is 1.83 bits per heavy atom. The van der Waals surface area contributed by atoms with Gasteiger partial charge in [-0.25, -0.2) is 9.82 Å². The molecular weight excluding hydrogens is 373 g/mol. The summed E-state index contributed by atoms with van der Waals surface area (Å²) < 4.78 is 18.4. The van der Waals surface area contributed by atoms with Crippen LogP contribution in [0.15, 0.2) is 53.6 Å². The zero-order valence-electron chi connectivity index (χ0n) is 16.8. The van der Waals surface area contributed by atoms with Crippen LogP contribution in [0.25, 0.3) is 0 Å². The van der Waals surface area contributed by atoms with E-state index in [1.807, 2.05) is 39.0 Å². The zero-order chi connectivity index (χ0) is 21.2. The monoisotopic (exact) mass is 399 g/mol. The smallest absolute Gasteiger partial charge is 0.262 e. The molecule has 0 aliphatic carbocycles. The van der Waals surface area contributed by atoms with Crippen molar-refractivity contribution in [3.63, 3.8) is 0 Å². The van der Waals surface area contributed by atoms with E-state index in [9.17, 15) is 14.0 Å². The number of hydrogen-bond acceptors (Lipinski definition) is 4. The van der Waals surface area contributed by atoms with Crippen LogP contribution >= 0.6 is 0 Å². The largest absolute Gasteiger partial charge is 0.484 e. The normalized spacial score (nSPS) is 12.0. The molecule has 2 amide bonds. The minimum absolute atomic E-state index is 0.185. The molecule has 0 aromatic heterocycles. The minimum Gasteiger partial charge on any atom is -0.484 e. The first-order valence-corrected chi connectivity index (χ1v) is 9.41. The molecule has 0 unspecified atom stereocenters. The lowest BCUT2D eigenvalue weighted by atomic mass is 10.0. The lowest BCUT2D eigenvalue weighted by Gasteiger charge is -2.19. The molecule has 1 atom stereocenters. The quantitative estimate of drug-likeness (QED) is 0.502. The number of nitrogens with one attached hydrogen (secondary N) is 2. The van der Waals surface area contributed by atoms with E-state index >= 15 is 0 Å². The lowest BCUT2D eigenvalue weighted by Crippen LogP contribution is -2.47. The van der Waals surface area contributed by atoms with Gasteiger partial charge in [0, 0.05) is 0 Å². The van der Waals surface area contributed by atoms with Crippen LogP contribution in [-0.4, -0.2) is 30.7 Å². The average molecular weight is 399 g/mol. The summed E-state index contributed by atoms with van der Waals surface area (Å²) in [5, 5.41) is 6.58. The Kier molecular flexibility index (Phi) is 8.33. The molecule has 0 heterocycles. The first-order chi connectivity index (χ1) is 13.8. The van der Waals surface area contributed by atoms with Crippen LogP contribution in [-0.2, 0) is 9.59 Å². The molecule has 0 radical (unpaired) electrons. The van der Waals surface area contributed by atoms with Crippen LogP contribution in [0.2, 0.25) is 0 Å². The fourth-order valence-electron chi connectivity index (χ4n) is 2.60. The van der Waals surface area contributed by atoms with Gasteiger partial charge in [0.1, 0.15) is 17.6 Å². The fraction of sp³-hybridized carbons (Fsp3) is 0.318. The highest BCUT2D eigenvalue weighted by atomic mass is 19.1. The summed E-state index contributed by atoms with van der Waals surface area (Å²) in [7, 11) is 0. The third-order valence-corrected chi connectivity index (χ3v) is 4.07. The van der Waals surface area contributed by atoms with Gasteiger partial charge in [0.2, 0.25) is 0 Å². The standard InChI is InChI=1S/C22H26FN3O3/c1-15(2)12-19(22(28)26-24-13-17-8-10-18(23)11-9-17)25-21(27)14-29-20-7-5-4-6-16(20)3/h4-11,13,15,19H,12,14H2,1-3H3,(H,25,27)(H,26,28)/b24-13-/t19-/m1/s1. The van der Waals surface area contributed by atoms with Gasteiger partial charge < -0.3 is 10.1 Å². The molecule has 2 rings (SSSR count). The molecule has 0 aliphatic rings. The topological polar surface area (TPSA) is 79.8 Å². The molecule has 0 fully saturated rings. The number of rotatable bonds is 9. The van der Waals surface area contributed by atoms with Crippen molar-refractivity contribution in [2.75, 3.05) is 6.61 Å². The minimum atomic E-state index is -0.742. The Morgan fingerprint density at radius 1 is 1.14 bits per heavy atom. The van der Waals surface area contributed by atoms with Gasteiger partial charge in [-0.1, -0.05) is 44.2 Å². The second-order valence-corrected chi connectivity index (χ2v) is 7.09. The van der Waals surface area contributed by atoms with Gasteiger partial charge in [0.25, 0.3) is 11.8 Å². The number of ether oxygens (including phenoxy) is 1. The van der Waals surface area contributed by atoms with Crippen molar-refractivity contribution >= 4 is 18.0 Å². The second kappa shape index (κ2) is 10.9. The number of nitrogens with zero attached hydrogens (tertiary/aromatic N) is 1. The average Bonchev–Trinajstić information content (AvgIpc) is 2.68. The molecular formula is C22H26FN3O3. The Balaban J connectivity index is 1.91. The second-order valence-electron chi connectivity index (χ2n) is 7.09. The summed E-state index contributed by atoms with van der Waals surface area (Å²) in [4.78, 5) is 24.7. The Bertz CT molecular complexity index is 851. The molecule has 0 aliphatic heterocycles. The highest BCUT2D eigenvalue weighted by Gasteiger charge is 2.22. The summed E-state index contributed by atoms with van der Waals surface area (Å²) >= 11 is 0. The van der Waals surface area contributed by atoms with Gasteiger partial charge in [-0.05, 0) is 48.6 Å². The number of amides is 2. The van der Waals surface area contributed by atoms with E-state index in [1.165, 1.54) is 18.3 Å². The van der Waals surface area contributed by atoms with Crippen molar-refractivity contribution in [3.05, 3.63) is 65.5 Å². The van der Waals surface area contributed by atoms with Crippen molar-refractivity contribution in [3.8, 4) is 5.75 Å². The van der Waals surface area contributed by atoms with E-state index in [-0.39, 0.29) is 18.3 Å². The van der Waals surface area contributed by atoms with Crippen LogP contribution in [0.4, 0.5) is 4.39 Å². The third-order valence-electron chi connectivity index (χ3n) is 4.07. The number of carbonyl (C=O) groups is 2. The van der Waals surface area contributed by atoms with Crippen LogP contribution in [0.5, 0.6) is 5.75 Å². The van der Waals surface area contributed by atoms with E-state index in [4.69, 9.17) is 4.74 Å². The number of hydrogen-bond donors (Lipinski definition) is 2. The van der Waals surface area contributed by atoms with Gasteiger partial charge >= 0.3 is 0 Å². The number of aryl methyl sites for hydroxylation is 1. The van der Waals surface area contributed by atoms with Crippen LogP contribution < -0.4 is 15.5 Å². The van der Waals surface area contributed by atoms with Crippen LogP contribution in [0.1, 0.15) is 31.4 Å². The molecule has 2 N–H and O–H groups in total. The summed E-state index contributed by atoms with van der Waals surface area (Å²) in [5.74, 6) is -0.363. The van der Waals surface area contributed by atoms with E-state index < -0.39 is 17.9 Å². The molecule has 29 heavy (non-hydrogen) atoms. The summed E-state index contributed by atoms with van der Waals surface area (Å²) in [6.07, 6.45) is 1.86. The highest BCUT2D eigenvalue weighted by molar-refractivity contribution is 5.89. The van der Waals surface area contributed by atoms with Gasteiger partial charge in [-0.2, -0.15) is 5.10 Å². The Morgan fingerprint density at radius 3 is 2.48 bits per heavy atom. The molecule has 0 saturated carbocycles. The summed E-state index contributed by atoms with van der Waals surface area (Å²) in [5.41, 5.74) is 3.99. The fourth-order valence-corrected chi connectivity index (χ4v) is 2.60. The Hall–Kier alpha value is -3.22. The summed E-state index contributed by atoms with van der Waals surface area (Å²) in [6, 6.07) is 12.3. The molecule has 2 aromatic rings. The van der Waals surface area contributed by atoms with Crippen molar-refractivity contribution in [2.24, 2.45) is 11.0 Å². The van der Waals surface area contributed by atoms with Gasteiger partial charge in [0.15, 0.2) is 6.61 Å². The SMILES string of the molecule is Cc1ccccc1OCC(=O)N[C@H](CC(C)C)C(=O)N/N=C\c1ccc(F)cc1. The van der Waals surface area contributed by atoms with E-state index in [2.05, 4.69) is 15.8 Å². The van der Waals surface area contributed by atoms with E-state index in [1.54, 1.807) is 18.2 Å². The number of hydrazone groups is 1. The van der Waals surface area contributed by atoms with Gasteiger partial charge in [-0.3, -0.25) is 9.59 Å². The number of carbonyl (C=O) groups excluding carboxylic acids is 2. The van der Waals surface area contributed by atoms with Gasteiger partial charge in [0.05, 0.1) is 6.21 Å². The zero-order valence-corrected chi connectivity index (χ0v) is 16.8. The first kappa shape index (κ1) is 22.1. The Labute approximate surface area is 170 Å².